The molecule has 1 aliphatic carbocycles. The van der Waals surface area contributed by atoms with E-state index in [-0.39, 0.29) is 0 Å². The van der Waals surface area contributed by atoms with E-state index in [0.29, 0.717) is 0 Å². The molecule has 1 fully saturated rings. The number of rotatable bonds is 1. The lowest BCUT2D eigenvalue weighted by Gasteiger charge is -2.18. The van der Waals surface area contributed by atoms with E-state index >= 15 is 0 Å². The first kappa shape index (κ1) is 6.12. The van der Waals surface area contributed by atoms with Gasteiger partial charge in [0.2, 0.25) is 0 Å². The molecule has 0 heteroatoms. The molecule has 47 valence electrons. The molecule has 0 amide bonds. The van der Waals surface area contributed by atoms with Gasteiger partial charge in [-0.25, -0.2) is 0 Å². The fourth-order valence-corrected chi connectivity index (χ4v) is 1.40. The maximum Gasteiger partial charge on any atom is -0.0386 e. The Morgan fingerprint density at radius 3 is 2.38 bits per heavy atom. The third-order valence-electron chi connectivity index (χ3n) is 2.14. The smallest absolute Gasteiger partial charge is 0.0386 e. The monoisotopic (exact) mass is 111 g/mol. The third-order valence-corrected chi connectivity index (χ3v) is 2.14. The van der Waals surface area contributed by atoms with E-state index in [9.17, 15) is 0 Å². The molecule has 0 aromatic rings. The molecular weight excluding hydrogens is 96.1 g/mol. The maximum atomic E-state index is 2.42. The second-order valence-electron chi connectivity index (χ2n) is 2.72. The van der Waals surface area contributed by atoms with Crippen molar-refractivity contribution in [3.8, 4) is 0 Å². The van der Waals surface area contributed by atoms with Crippen molar-refractivity contribution in [2.24, 2.45) is 5.92 Å². The van der Waals surface area contributed by atoms with Crippen LogP contribution < -0.4 is 0 Å². The molecule has 0 N–H and O–H groups in total. The van der Waals surface area contributed by atoms with Gasteiger partial charge in [0.05, 0.1) is 0 Å². The standard InChI is InChI=1S/C8H15/c1-2-8-6-4-3-5-7-8/h3,8H,2,4-7H2,1H3. The minimum atomic E-state index is 1.06. The molecule has 1 rings (SSSR count). The first-order chi connectivity index (χ1) is 3.93. The molecule has 0 aromatic carbocycles. The Morgan fingerprint density at radius 1 is 1.38 bits per heavy atom. The van der Waals surface area contributed by atoms with E-state index in [2.05, 4.69) is 13.3 Å². The molecule has 1 saturated carbocycles. The van der Waals surface area contributed by atoms with Crippen LogP contribution in [-0.4, -0.2) is 0 Å². The summed E-state index contributed by atoms with van der Waals surface area (Å²) in [4.78, 5) is 0. The van der Waals surface area contributed by atoms with Crippen LogP contribution >= 0.6 is 0 Å². The van der Waals surface area contributed by atoms with E-state index in [1.165, 1.54) is 32.1 Å². The summed E-state index contributed by atoms with van der Waals surface area (Å²) in [5.41, 5.74) is 0. The normalized spacial score (nSPS) is 23.6. The van der Waals surface area contributed by atoms with Crippen LogP contribution in [0.15, 0.2) is 0 Å². The highest BCUT2D eigenvalue weighted by Gasteiger charge is 2.09. The molecule has 0 nitrogen and oxygen atoms in total. The van der Waals surface area contributed by atoms with Gasteiger partial charge in [-0.3, -0.25) is 0 Å². The lowest BCUT2D eigenvalue weighted by molar-refractivity contribution is 0.394. The SMILES string of the molecule is CCC1CC[CH]CC1. The Morgan fingerprint density at radius 2 is 2.00 bits per heavy atom. The number of hydrogen-bond acceptors (Lipinski definition) is 0. The average molecular weight is 111 g/mol. The van der Waals surface area contributed by atoms with Crippen molar-refractivity contribution in [3.05, 3.63) is 6.42 Å². The van der Waals surface area contributed by atoms with Crippen molar-refractivity contribution >= 4 is 0 Å². The molecular formula is C8H15. The fraction of sp³-hybridized carbons (Fsp3) is 0.875. The van der Waals surface area contributed by atoms with Gasteiger partial charge in [-0.15, -0.1) is 0 Å². The first-order valence-corrected chi connectivity index (χ1v) is 3.75. The second-order valence-corrected chi connectivity index (χ2v) is 2.72. The van der Waals surface area contributed by atoms with Crippen LogP contribution in [0.4, 0.5) is 0 Å². The summed E-state index contributed by atoms with van der Waals surface area (Å²) in [6.45, 7) is 2.30. The molecule has 0 unspecified atom stereocenters. The predicted molar refractivity (Wildman–Crippen MR) is 36.5 cm³/mol. The molecule has 0 saturated heterocycles. The predicted octanol–water partition coefficient (Wildman–Crippen LogP) is 2.79. The Hall–Kier alpha value is 0. The zero-order valence-corrected chi connectivity index (χ0v) is 5.69. The second kappa shape index (κ2) is 3.11. The summed E-state index contributed by atoms with van der Waals surface area (Å²) in [6, 6.07) is 0. The molecule has 8 heavy (non-hydrogen) atoms. The van der Waals surface area contributed by atoms with Crippen LogP contribution in [0.2, 0.25) is 0 Å². The van der Waals surface area contributed by atoms with Gasteiger partial charge in [0.25, 0.3) is 0 Å². The van der Waals surface area contributed by atoms with Crippen LogP contribution in [0.1, 0.15) is 39.0 Å². The van der Waals surface area contributed by atoms with Crippen LogP contribution in [0, 0.1) is 12.3 Å². The quantitative estimate of drug-likeness (QED) is 0.488. The van der Waals surface area contributed by atoms with Gasteiger partial charge in [0.15, 0.2) is 0 Å². The molecule has 1 radical (unpaired) electrons. The summed E-state index contributed by atoms with van der Waals surface area (Å²) in [5.74, 6) is 1.06. The van der Waals surface area contributed by atoms with Gasteiger partial charge >= 0.3 is 0 Å². The molecule has 0 bridgehead atoms. The Bertz CT molecular complexity index is 51.1. The van der Waals surface area contributed by atoms with E-state index in [1.54, 1.807) is 0 Å². The highest BCUT2D eigenvalue weighted by molar-refractivity contribution is 4.75. The summed E-state index contributed by atoms with van der Waals surface area (Å²) in [6.07, 6.45) is 9.48. The van der Waals surface area contributed by atoms with Crippen molar-refractivity contribution in [3.63, 3.8) is 0 Å². The average Bonchev–Trinajstić information content (AvgIpc) is 1.90. The van der Waals surface area contributed by atoms with Crippen molar-refractivity contribution in [1.82, 2.24) is 0 Å². The summed E-state index contributed by atoms with van der Waals surface area (Å²) < 4.78 is 0. The fourth-order valence-electron chi connectivity index (χ4n) is 1.40. The van der Waals surface area contributed by atoms with Gasteiger partial charge < -0.3 is 0 Å². The van der Waals surface area contributed by atoms with Crippen molar-refractivity contribution < 1.29 is 0 Å². The summed E-state index contributed by atoms with van der Waals surface area (Å²) in [7, 11) is 0. The van der Waals surface area contributed by atoms with E-state index in [0.717, 1.165) is 5.92 Å². The lowest BCUT2D eigenvalue weighted by Crippen LogP contribution is -2.04. The number of hydrogen-bond donors (Lipinski definition) is 0. The molecule has 0 aromatic heterocycles. The highest BCUT2D eigenvalue weighted by Crippen LogP contribution is 2.24. The third kappa shape index (κ3) is 1.50. The van der Waals surface area contributed by atoms with Crippen molar-refractivity contribution in [2.75, 3.05) is 0 Å². The Labute approximate surface area is 52.3 Å². The minimum absolute atomic E-state index is 1.06. The molecule has 1 aliphatic rings. The summed E-state index contributed by atoms with van der Waals surface area (Å²) >= 11 is 0. The summed E-state index contributed by atoms with van der Waals surface area (Å²) in [5, 5.41) is 0. The van der Waals surface area contributed by atoms with Crippen LogP contribution in [0.25, 0.3) is 0 Å². The van der Waals surface area contributed by atoms with E-state index < -0.39 is 0 Å². The minimum Gasteiger partial charge on any atom is -0.0651 e. The Balaban J connectivity index is 2.13. The largest absolute Gasteiger partial charge is 0.0651 e. The highest BCUT2D eigenvalue weighted by atomic mass is 14.2. The first-order valence-electron chi connectivity index (χ1n) is 3.75. The van der Waals surface area contributed by atoms with Crippen LogP contribution in [0.5, 0.6) is 0 Å². The van der Waals surface area contributed by atoms with Gasteiger partial charge in [0.1, 0.15) is 0 Å². The Kier molecular flexibility index (Phi) is 2.38. The van der Waals surface area contributed by atoms with Crippen LogP contribution in [-0.2, 0) is 0 Å². The maximum absolute atomic E-state index is 2.42. The zero-order valence-electron chi connectivity index (χ0n) is 5.69. The van der Waals surface area contributed by atoms with E-state index in [4.69, 9.17) is 0 Å². The molecule has 0 heterocycles. The van der Waals surface area contributed by atoms with Gasteiger partial charge in [-0.2, -0.15) is 0 Å². The van der Waals surface area contributed by atoms with Crippen molar-refractivity contribution in [2.45, 2.75) is 39.0 Å². The van der Waals surface area contributed by atoms with Crippen molar-refractivity contribution in [1.29, 1.82) is 0 Å². The van der Waals surface area contributed by atoms with E-state index in [1.807, 2.05) is 0 Å². The molecule has 0 spiro atoms. The van der Waals surface area contributed by atoms with Gasteiger partial charge in [-0.05, 0) is 25.2 Å². The zero-order chi connectivity index (χ0) is 5.82. The van der Waals surface area contributed by atoms with Gasteiger partial charge in [-0.1, -0.05) is 26.2 Å². The topological polar surface area (TPSA) is 0 Å². The molecule has 0 atom stereocenters. The van der Waals surface area contributed by atoms with Crippen LogP contribution in [0.3, 0.4) is 0 Å². The lowest BCUT2D eigenvalue weighted by atomic mass is 9.88. The molecule has 0 aliphatic heterocycles. The van der Waals surface area contributed by atoms with Gasteiger partial charge in [0, 0.05) is 0 Å².